The number of nitrogens with zero attached hydrogens (tertiary/aromatic N) is 1. The third-order valence-electron chi connectivity index (χ3n) is 3.49. The van der Waals surface area contributed by atoms with Crippen LogP contribution in [0, 0.1) is 0 Å². The highest BCUT2D eigenvalue weighted by Gasteiger charge is 2.38. The summed E-state index contributed by atoms with van der Waals surface area (Å²) in [5, 5.41) is 18.6. The van der Waals surface area contributed by atoms with Crippen molar-refractivity contribution in [3.05, 3.63) is 29.8 Å². The molecule has 1 aliphatic rings. The highest BCUT2D eigenvalue weighted by atomic mass is 16.4. The number of benzene rings is 1. The number of hydrogen-bond acceptors (Lipinski definition) is 4. The largest absolute Gasteiger partial charge is 0.480 e. The molecule has 0 bridgehead atoms. The summed E-state index contributed by atoms with van der Waals surface area (Å²) in [7, 11) is 0. The van der Waals surface area contributed by atoms with E-state index in [4.69, 9.17) is 10.8 Å². The number of carbonyl (C=O) groups excluding carboxylic acids is 1. The van der Waals surface area contributed by atoms with Crippen molar-refractivity contribution in [3.8, 4) is 0 Å². The molecule has 1 aliphatic heterocycles. The van der Waals surface area contributed by atoms with Crippen molar-refractivity contribution in [1.82, 2.24) is 4.90 Å². The molecule has 6 nitrogen and oxygen atoms in total. The Morgan fingerprint density at radius 2 is 1.95 bits per heavy atom. The summed E-state index contributed by atoms with van der Waals surface area (Å²) in [5.74, 6) is -1.31. The van der Waals surface area contributed by atoms with Gasteiger partial charge in [0.2, 0.25) is 5.91 Å². The van der Waals surface area contributed by atoms with E-state index in [1.165, 1.54) is 4.90 Å². The quantitative estimate of drug-likeness (QED) is 0.685. The van der Waals surface area contributed by atoms with Crippen LogP contribution in [0.5, 0.6) is 0 Å². The predicted molar refractivity (Wildman–Crippen MR) is 72.9 cm³/mol. The first-order chi connectivity index (χ1) is 9.47. The molecule has 0 spiro atoms. The fourth-order valence-corrected chi connectivity index (χ4v) is 2.40. The van der Waals surface area contributed by atoms with E-state index in [9.17, 15) is 14.7 Å². The van der Waals surface area contributed by atoms with Gasteiger partial charge in [-0.05, 0) is 24.1 Å². The highest BCUT2D eigenvalue weighted by Crippen LogP contribution is 2.20. The molecule has 2 atom stereocenters. The molecule has 1 aromatic rings. The molecular formula is C14H18N2O4. The number of carbonyl (C=O) groups is 2. The van der Waals surface area contributed by atoms with Gasteiger partial charge >= 0.3 is 5.97 Å². The lowest BCUT2D eigenvalue weighted by molar-refractivity contribution is -0.148. The molecule has 0 aliphatic carbocycles. The van der Waals surface area contributed by atoms with E-state index in [1.54, 1.807) is 12.1 Å². The number of hydrogen-bond donors (Lipinski definition) is 3. The zero-order valence-corrected chi connectivity index (χ0v) is 11.0. The van der Waals surface area contributed by atoms with E-state index >= 15 is 0 Å². The Balaban J connectivity index is 1.94. The van der Waals surface area contributed by atoms with Gasteiger partial charge in [-0.15, -0.1) is 0 Å². The molecule has 0 saturated carbocycles. The monoisotopic (exact) mass is 278 g/mol. The van der Waals surface area contributed by atoms with Crippen LogP contribution in [0.1, 0.15) is 18.4 Å². The van der Waals surface area contributed by atoms with Gasteiger partial charge in [0.1, 0.15) is 6.04 Å². The summed E-state index contributed by atoms with van der Waals surface area (Å²) >= 11 is 0. The first kappa shape index (κ1) is 14.3. The van der Waals surface area contributed by atoms with E-state index in [0.717, 1.165) is 5.56 Å². The lowest BCUT2D eigenvalue weighted by atomic mass is 10.1. The molecular weight excluding hydrogens is 260 g/mol. The lowest BCUT2D eigenvalue weighted by Crippen LogP contribution is -2.40. The molecule has 2 rings (SSSR count). The average molecular weight is 278 g/mol. The minimum atomic E-state index is -1.07. The number of amides is 1. The molecule has 1 heterocycles. The topological polar surface area (TPSA) is 104 Å². The van der Waals surface area contributed by atoms with E-state index in [2.05, 4.69) is 0 Å². The van der Waals surface area contributed by atoms with Gasteiger partial charge in [0.25, 0.3) is 0 Å². The van der Waals surface area contributed by atoms with E-state index < -0.39 is 18.1 Å². The number of carboxylic acid groups (broad SMARTS) is 1. The number of nitrogen functional groups attached to an aromatic ring is 1. The van der Waals surface area contributed by atoms with Crippen LogP contribution in [0.15, 0.2) is 24.3 Å². The molecule has 0 aromatic heterocycles. The Kier molecular flexibility index (Phi) is 4.24. The highest BCUT2D eigenvalue weighted by molar-refractivity contribution is 5.84. The van der Waals surface area contributed by atoms with Crippen LogP contribution in [-0.2, 0) is 16.0 Å². The van der Waals surface area contributed by atoms with Crippen LogP contribution in [0.2, 0.25) is 0 Å². The maximum atomic E-state index is 12.1. The van der Waals surface area contributed by atoms with Gasteiger partial charge in [-0.2, -0.15) is 0 Å². The number of aliphatic carboxylic acids is 1. The number of nitrogens with two attached hydrogens (primary N) is 1. The van der Waals surface area contributed by atoms with Gasteiger partial charge in [-0.3, -0.25) is 4.79 Å². The van der Waals surface area contributed by atoms with Crippen LogP contribution >= 0.6 is 0 Å². The number of β-amino-alcohol motifs (C(OH)–C–C–N with tert-alkyl or cyclic N) is 1. The number of rotatable bonds is 4. The fourth-order valence-electron chi connectivity index (χ4n) is 2.40. The third-order valence-corrected chi connectivity index (χ3v) is 3.49. The molecule has 0 unspecified atom stereocenters. The van der Waals surface area contributed by atoms with Crippen molar-refractivity contribution in [1.29, 1.82) is 0 Å². The standard InChI is InChI=1S/C14H18N2O4/c15-10-4-1-9(2-5-10)3-6-13(18)16-8-11(17)7-12(16)14(19)20/h1-2,4-5,11-12,17H,3,6-8,15H2,(H,19,20)/t11-,12-/m0/s1. The number of aliphatic hydroxyl groups excluding tert-OH is 1. The molecule has 0 radical (unpaired) electrons. The van der Waals surface area contributed by atoms with Crippen LogP contribution in [-0.4, -0.2) is 45.7 Å². The number of aryl methyl sites for hydroxylation is 1. The maximum Gasteiger partial charge on any atom is 0.326 e. The second-order valence-electron chi connectivity index (χ2n) is 5.03. The van der Waals surface area contributed by atoms with Crippen LogP contribution in [0.25, 0.3) is 0 Å². The van der Waals surface area contributed by atoms with Gasteiger partial charge in [0, 0.05) is 25.1 Å². The lowest BCUT2D eigenvalue weighted by Gasteiger charge is -2.21. The average Bonchev–Trinajstić information content (AvgIpc) is 2.80. The first-order valence-corrected chi connectivity index (χ1v) is 6.52. The molecule has 20 heavy (non-hydrogen) atoms. The predicted octanol–water partition coefficient (Wildman–Crippen LogP) is 0.248. The second kappa shape index (κ2) is 5.92. The van der Waals surface area contributed by atoms with Gasteiger partial charge in [0.05, 0.1) is 6.10 Å². The van der Waals surface area contributed by atoms with Crippen molar-refractivity contribution in [3.63, 3.8) is 0 Å². The first-order valence-electron chi connectivity index (χ1n) is 6.52. The van der Waals surface area contributed by atoms with Crippen LogP contribution < -0.4 is 5.73 Å². The van der Waals surface area contributed by atoms with Crippen molar-refractivity contribution in [2.75, 3.05) is 12.3 Å². The Morgan fingerprint density at radius 3 is 2.55 bits per heavy atom. The van der Waals surface area contributed by atoms with Crippen molar-refractivity contribution in [2.45, 2.75) is 31.4 Å². The van der Waals surface area contributed by atoms with E-state index in [1.807, 2.05) is 12.1 Å². The normalized spacial score (nSPS) is 21.9. The zero-order chi connectivity index (χ0) is 14.7. The van der Waals surface area contributed by atoms with Crippen molar-refractivity contribution < 1.29 is 19.8 Å². The fraction of sp³-hybridized carbons (Fsp3) is 0.429. The van der Waals surface area contributed by atoms with E-state index in [-0.39, 0.29) is 25.3 Å². The van der Waals surface area contributed by atoms with Gasteiger partial charge < -0.3 is 20.8 Å². The minimum absolute atomic E-state index is 0.0948. The molecule has 108 valence electrons. The van der Waals surface area contributed by atoms with Crippen LogP contribution in [0.4, 0.5) is 5.69 Å². The Hall–Kier alpha value is -2.08. The van der Waals surface area contributed by atoms with Crippen molar-refractivity contribution >= 4 is 17.6 Å². The van der Waals surface area contributed by atoms with Gasteiger partial charge in [0.15, 0.2) is 0 Å². The molecule has 1 amide bonds. The molecule has 1 fully saturated rings. The summed E-state index contributed by atoms with van der Waals surface area (Å²) in [5.41, 5.74) is 7.21. The Labute approximate surface area is 116 Å². The molecule has 4 N–H and O–H groups in total. The van der Waals surface area contributed by atoms with Gasteiger partial charge in [-0.25, -0.2) is 4.79 Å². The smallest absolute Gasteiger partial charge is 0.326 e. The molecule has 1 saturated heterocycles. The Bertz CT molecular complexity index is 500. The second-order valence-corrected chi connectivity index (χ2v) is 5.03. The number of likely N-dealkylation sites (tertiary alicyclic amines) is 1. The van der Waals surface area contributed by atoms with Gasteiger partial charge in [-0.1, -0.05) is 12.1 Å². The summed E-state index contributed by atoms with van der Waals surface area (Å²) in [6.07, 6.45) is 0.0954. The van der Waals surface area contributed by atoms with E-state index in [0.29, 0.717) is 12.1 Å². The summed E-state index contributed by atoms with van der Waals surface area (Å²) in [6.45, 7) is 0.0948. The summed E-state index contributed by atoms with van der Waals surface area (Å²) in [4.78, 5) is 24.4. The number of anilines is 1. The maximum absolute atomic E-state index is 12.1. The number of aliphatic hydroxyl groups is 1. The SMILES string of the molecule is Nc1ccc(CCC(=O)N2C[C@@H](O)C[C@H]2C(=O)O)cc1. The minimum Gasteiger partial charge on any atom is -0.480 e. The zero-order valence-electron chi connectivity index (χ0n) is 11.0. The molecule has 1 aromatic carbocycles. The Morgan fingerprint density at radius 1 is 1.30 bits per heavy atom. The summed E-state index contributed by atoms with van der Waals surface area (Å²) < 4.78 is 0. The molecule has 6 heteroatoms. The third kappa shape index (κ3) is 3.27. The van der Waals surface area contributed by atoms with Crippen molar-refractivity contribution in [2.24, 2.45) is 0 Å². The number of carboxylic acids is 1. The summed E-state index contributed by atoms with van der Waals surface area (Å²) in [6, 6.07) is 6.30. The van der Waals surface area contributed by atoms with Crippen LogP contribution in [0.3, 0.4) is 0 Å².